The fraction of sp³-hybridized carbons (Fsp3) is 0.500. The lowest BCUT2D eigenvalue weighted by Crippen LogP contribution is -2.41. The number of aromatic nitrogens is 2. The Hall–Kier alpha value is -2.10. The van der Waals surface area contributed by atoms with Crippen molar-refractivity contribution in [3.8, 4) is 5.69 Å². The van der Waals surface area contributed by atoms with Crippen LogP contribution in [0, 0.1) is 19.8 Å². The number of nitrogens with one attached hydrogen (secondary N) is 1. The molecular formula is C20H27N3O. The van der Waals surface area contributed by atoms with Gasteiger partial charge in [0, 0.05) is 17.3 Å². The Morgan fingerprint density at radius 1 is 1.21 bits per heavy atom. The summed E-state index contributed by atoms with van der Waals surface area (Å²) >= 11 is 0. The summed E-state index contributed by atoms with van der Waals surface area (Å²) in [4.78, 5) is 12.5. The zero-order valence-electron chi connectivity index (χ0n) is 14.9. The minimum Gasteiger partial charge on any atom is -0.353 e. The number of para-hydroxylation sites is 1. The molecule has 1 N–H and O–H groups in total. The molecule has 0 bridgehead atoms. The van der Waals surface area contributed by atoms with Crippen molar-refractivity contribution in [2.45, 2.75) is 58.9 Å². The maximum Gasteiger partial charge on any atom is 0.224 e. The van der Waals surface area contributed by atoms with Crippen molar-refractivity contribution in [2.24, 2.45) is 5.92 Å². The van der Waals surface area contributed by atoms with Crippen molar-refractivity contribution in [2.75, 3.05) is 0 Å². The number of benzene rings is 1. The third kappa shape index (κ3) is 3.53. The lowest BCUT2D eigenvalue weighted by Gasteiger charge is -2.29. The second-order valence-electron chi connectivity index (χ2n) is 7.01. The average Bonchev–Trinajstić information content (AvgIpc) is 2.86. The molecule has 4 nitrogen and oxygen atoms in total. The van der Waals surface area contributed by atoms with E-state index in [-0.39, 0.29) is 5.91 Å². The molecule has 2 unspecified atom stereocenters. The van der Waals surface area contributed by atoms with Crippen molar-refractivity contribution in [1.29, 1.82) is 0 Å². The first-order valence-electron chi connectivity index (χ1n) is 8.96. The summed E-state index contributed by atoms with van der Waals surface area (Å²) in [7, 11) is 0. The van der Waals surface area contributed by atoms with Gasteiger partial charge in [-0.3, -0.25) is 4.79 Å². The molecule has 4 heteroatoms. The number of hydrogen-bond acceptors (Lipinski definition) is 2. The Morgan fingerprint density at radius 3 is 2.62 bits per heavy atom. The highest BCUT2D eigenvalue weighted by atomic mass is 16.1. The molecule has 0 spiro atoms. The standard InChI is InChI=1S/C20H27N3O/c1-14-9-7-8-12-19(14)21-20(24)13-18-15(2)22-23(16(18)3)17-10-5-4-6-11-17/h4-6,10-11,14,19H,7-9,12-13H2,1-3H3,(H,21,24). The Labute approximate surface area is 144 Å². The summed E-state index contributed by atoms with van der Waals surface area (Å²) in [6, 6.07) is 10.4. The van der Waals surface area contributed by atoms with Crippen LogP contribution in [-0.4, -0.2) is 21.7 Å². The molecule has 2 aromatic rings. The molecule has 3 rings (SSSR count). The van der Waals surface area contributed by atoms with Crippen LogP contribution in [0.4, 0.5) is 0 Å². The first-order chi connectivity index (χ1) is 11.6. The smallest absolute Gasteiger partial charge is 0.224 e. The van der Waals surface area contributed by atoms with Gasteiger partial charge in [0.25, 0.3) is 0 Å². The fourth-order valence-electron chi connectivity index (χ4n) is 3.70. The van der Waals surface area contributed by atoms with Gasteiger partial charge in [0.2, 0.25) is 5.91 Å². The van der Waals surface area contributed by atoms with E-state index in [0.717, 1.165) is 29.1 Å². The topological polar surface area (TPSA) is 46.9 Å². The minimum absolute atomic E-state index is 0.118. The van der Waals surface area contributed by atoms with Crippen LogP contribution in [0.25, 0.3) is 5.69 Å². The molecule has 1 saturated carbocycles. The molecular weight excluding hydrogens is 298 g/mol. The van der Waals surface area contributed by atoms with E-state index in [1.807, 2.05) is 48.9 Å². The number of rotatable bonds is 4. The predicted molar refractivity (Wildman–Crippen MR) is 96.3 cm³/mol. The van der Waals surface area contributed by atoms with Crippen LogP contribution in [0.3, 0.4) is 0 Å². The summed E-state index contributed by atoms with van der Waals surface area (Å²) in [5, 5.41) is 7.88. The maximum absolute atomic E-state index is 12.5. The number of hydrogen-bond donors (Lipinski definition) is 1. The summed E-state index contributed by atoms with van der Waals surface area (Å²) in [6.45, 7) is 6.27. The molecule has 24 heavy (non-hydrogen) atoms. The van der Waals surface area contributed by atoms with E-state index in [2.05, 4.69) is 17.3 Å². The largest absolute Gasteiger partial charge is 0.353 e. The van der Waals surface area contributed by atoms with E-state index >= 15 is 0 Å². The molecule has 128 valence electrons. The highest BCUT2D eigenvalue weighted by molar-refractivity contribution is 5.79. The van der Waals surface area contributed by atoms with E-state index in [0.29, 0.717) is 18.4 Å². The van der Waals surface area contributed by atoms with Gasteiger partial charge in [0.1, 0.15) is 0 Å². The summed E-state index contributed by atoms with van der Waals surface area (Å²) in [5.74, 6) is 0.699. The molecule has 1 aromatic heterocycles. The zero-order valence-corrected chi connectivity index (χ0v) is 14.9. The van der Waals surface area contributed by atoms with Crippen LogP contribution < -0.4 is 5.32 Å². The predicted octanol–water partition coefficient (Wildman–Crippen LogP) is 3.73. The highest BCUT2D eigenvalue weighted by Gasteiger charge is 2.24. The SMILES string of the molecule is Cc1nn(-c2ccccc2)c(C)c1CC(=O)NC1CCCCC1C. The third-order valence-corrected chi connectivity index (χ3v) is 5.24. The van der Waals surface area contributed by atoms with E-state index in [1.54, 1.807) is 0 Å². The second kappa shape index (κ2) is 7.20. The minimum atomic E-state index is 0.118. The van der Waals surface area contributed by atoms with Crippen molar-refractivity contribution in [3.63, 3.8) is 0 Å². The first-order valence-corrected chi connectivity index (χ1v) is 8.96. The van der Waals surface area contributed by atoms with E-state index < -0.39 is 0 Å². The Balaban J connectivity index is 1.73. The monoisotopic (exact) mass is 325 g/mol. The number of carbonyl (C=O) groups is 1. The number of nitrogens with zero attached hydrogens (tertiary/aromatic N) is 2. The van der Waals surface area contributed by atoms with Gasteiger partial charge in [-0.15, -0.1) is 0 Å². The zero-order chi connectivity index (χ0) is 17.1. The van der Waals surface area contributed by atoms with E-state index in [4.69, 9.17) is 0 Å². The van der Waals surface area contributed by atoms with Crippen molar-refractivity contribution in [1.82, 2.24) is 15.1 Å². The molecule has 1 heterocycles. The van der Waals surface area contributed by atoms with E-state index in [1.165, 1.54) is 19.3 Å². The van der Waals surface area contributed by atoms with Gasteiger partial charge in [-0.2, -0.15) is 5.10 Å². The number of carbonyl (C=O) groups excluding carboxylic acids is 1. The van der Waals surface area contributed by atoms with Crippen molar-refractivity contribution in [3.05, 3.63) is 47.3 Å². The molecule has 1 amide bonds. The van der Waals surface area contributed by atoms with E-state index in [9.17, 15) is 4.79 Å². The van der Waals surface area contributed by atoms with Crippen molar-refractivity contribution >= 4 is 5.91 Å². The lowest BCUT2D eigenvalue weighted by atomic mass is 9.86. The van der Waals surface area contributed by atoms with Gasteiger partial charge in [-0.25, -0.2) is 4.68 Å². The van der Waals surface area contributed by atoms with Crippen LogP contribution in [0.15, 0.2) is 30.3 Å². The van der Waals surface area contributed by atoms with Crippen LogP contribution >= 0.6 is 0 Å². The van der Waals surface area contributed by atoms with Gasteiger partial charge in [0.15, 0.2) is 0 Å². The highest BCUT2D eigenvalue weighted by Crippen LogP contribution is 2.24. The molecule has 1 aliphatic carbocycles. The fourth-order valence-corrected chi connectivity index (χ4v) is 3.70. The maximum atomic E-state index is 12.5. The summed E-state index contributed by atoms with van der Waals surface area (Å²) < 4.78 is 1.93. The van der Waals surface area contributed by atoms with Gasteiger partial charge in [-0.05, 0) is 44.7 Å². The van der Waals surface area contributed by atoms with Gasteiger partial charge >= 0.3 is 0 Å². The molecule has 2 atom stereocenters. The van der Waals surface area contributed by atoms with Crippen LogP contribution in [0.5, 0.6) is 0 Å². The first kappa shape index (κ1) is 16.7. The molecule has 0 radical (unpaired) electrons. The summed E-state index contributed by atoms with van der Waals surface area (Å²) in [6.07, 6.45) is 5.24. The lowest BCUT2D eigenvalue weighted by molar-refractivity contribution is -0.121. The molecule has 1 fully saturated rings. The van der Waals surface area contributed by atoms with Crippen LogP contribution in [0.2, 0.25) is 0 Å². The molecule has 1 aliphatic rings. The average molecular weight is 325 g/mol. The second-order valence-corrected chi connectivity index (χ2v) is 7.01. The van der Waals surface area contributed by atoms with Crippen LogP contribution in [-0.2, 0) is 11.2 Å². The number of amides is 1. The number of aryl methyl sites for hydroxylation is 1. The molecule has 0 aliphatic heterocycles. The van der Waals surface area contributed by atoms with Crippen LogP contribution in [0.1, 0.15) is 49.6 Å². The Kier molecular flexibility index (Phi) is 5.03. The normalized spacial score (nSPS) is 20.8. The summed E-state index contributed by atoms with van der Waals surface area (Å²) in [5.41, 5.74) is 4.05. The van der Waals surface area contributed by atoms with Gasteiger partial charge in [-0.1, -0.05) is 38.0 Å². The third-order valence-electron chi connectivity index (χ3n) is 5.24. The quantitative estimate of drug-likeness (QED) is 0.931. The Morgan fingerprint density at radius 2 is 1.92 bits per heavy atom. The van der Waals surface area contributed by atoms with Gasteiger partial charge < -0.3 is 5.32 Å². The Bertz CT molecular complexity index is 705. The molecule has 0 saturated heterocycles. The van der Waals surface area contributed by atoms with Gasteiger partial charge in [0.05, 0.1) is 17.8 Å². The molecule has 1 aromatic carbocycles. The van der Waals surface area contributed by atoms with Crippen molar-refractivity contribution < 1.29 is 4.79 Å².